The number of methoxy groups -OCH3 is 1. The number of rotatable bonds is 6. The van der Waals surface area contributed by atoms with E-state index in [4.69, 9.17) is 9.47 Å². The lowest BCUT2D eigenvalue weighted by Gasteiger charge is -2.26. The van der Waals surface area contributed by atoms with Crippen LogP contribution in [0.25, 0.3) is 10.6 Å². The highest BCUT2D eigenvalue weighted by Gasteiger charge is 2.18. The summed E-state index contributed by atoms with van der Waals surface area (Å²) in [7, 11) is 3.25. The van der Waals surface area contributed by atoms with Gasteiger partial charge in [0.2, 0.25) is 5.95 Å². The van der Waals surface area contributed by atoms with E-state index >= 15 is 0 Å². The van der Waals surface area contributed by atoms with Crippen molar-refractivity contribution < 1.29 is 14.3 Å². The maximum Gasteiger partial charge on any atom is 0.321 e. The van der Waals surface area contributed by atoms with Gasteiger partial charge in [0.25, 0.3) is 5.91 Å². The number of aromatic nitrogens is 5. The Morgan fingerprint density at radius 3 is 2.86 bits per heavy atom. The van der Waals surface area contributed by atoms with Crippen LogP contribution in [0.3, 0.4) is 0 Å². The van der Waals surface area contributed by atoms with E-state index in [1.807, 2.05) is 22.4 Å². The molecule has 4 heterocycles. The van der Waals surface area contributed by atoms with Gasteiger partial charge < -0.3 is 19.7 Å². The van der Waals surface area contributed by atoms with Gasteiger partial charge >= 0.3 is 6.01 Å². The molecule has 0 saturated carbocycles. The SMILES string of the molecule is COc1nc(CNC(=O)c2cc(-c3cccs3)nn2C)nc(N2CCOCC2)n1. The molecule has 11 heteroatoms. The zero-order valence-corrected chi connectivity index (χ0v) is 17.0. The van der Waals surface area contributed by atoms with Crippen molar-refractivity contribution in [3.8, 4) is 16.6 Å². The van der Waals surface area contributed by atoms with Crippen molar-refractivity contribution in [1.82, 2.24) is 30.0 Å². The van der Waals surface area contributed by atoms with Crippen molar-refractivity contribution in [3.05, 3.63) is 35.1 Å². The summed E-state index contributed by atoms with van der Waals surface area (Å²) < 4.78 is 12.1. The van der Waals surface area contributed by atoms with Crippen LogP contribution in [0.5, 0.6) is 6.01 Å². The molecule has 0 spiro atoms. The number of amides is 1. The Morgan fingerprint density at radius 2 is 2.14 bits per heavy atom. The molecule has 1 aliphatic rings. The number of carbonyl (C=O) groups excluding carboxylic acids is 1. The van der Waals surface area contributed by atoms with Crippen molar-refractivity contribution in [2.45, 2.75) is 6.54 Å². The summed E-state index contributed by atoms with van der Waals surface area (Å²) in [6.07, 6.45) is 0. The minimum Gasteiger partial charge on any atom is -0.467 e. The molecule has 0 aromatic carbocycles. The van der Waals surface area contributed by atoms with Crippen molar-refractivity contribution in [2.75, 3.05) is 38.3 Å². The number of hydrogen-bond acceptors (Lipinski definition) is 9. The number of ether oxygens (including phenoxy) is 2. The highest BCUT2D eigenvalue weighted by molar-refractivity contribution is 7.13. The van der Waals surface area contributed by atoms with E-state index < -0.39 is 0 Å². The zero-order chi connectivity index (χ0) is 20.2. The molecule has 0 atom stereocenters. The first-order chi connectivity index (χ1) is 14.1. The van der Waals surface area contributed by atoms with E-state index in [0.717, 1.165) is 10.6 Å². The Hall–Kier alpha value is -3.05. The van der Waals surface area contributed by atoms with E-state index in [2.05, 4.69) is 25.4 Å². The Kier molecular flexibility index (Phi) is 5.67. The Labute approximate surface area is 171 Å². The number of hydrogen-bond donors (Lipinski definition) is 1. The third-order valence-corrected chi connectivity index (χ3v) is 5.31. The van der Waals surface area contributed by atoms with Crippen LogP contribution in [0.15, 0.2) is 23.6 Å². The second-order valence-electron chi connectivity index (χ2n) is 6.34. The van der Waals surface area contributed by atoms with Crippen LogP contribution in [0, 0.1) is 0 Å². The van der Waals surface area contributed by atoms with Gasteiger partial charge in [0.15, 0.2) is 5.82 Å². The Balaban J connectivity index is 1.47. The summed E-state index contributed by atoms with van der Waals surface area (Å²) in [6.45, 7) is 2.77. The molecule has 1 amide bonds. The van der Waals surface area contributed by atoms with Gasteiger partial charge in [0, 0.05) is 20.1 Å². The molecule has 0 unspecified atom stereocenters. The average molecular weight is 415 g/mol. The third-order valence-electron chi connectivity index (χ3n) is 4.42. The lowest BCUT2D eigenvalue weighted by molar-refractivity contribution is 0.0940. The Morgan fingerprint density at radius 1 is 1.31 bits per heavy atom. The molecule has 1 N–H and O–H groups in total. The van der Waals surface area contributed by atoms with E-state index in [1.54, 1.807) is 29.1 Å². The molecular formula is C18H21N7O3S. The second-order valence-corrected chi connectivity index (χ2v) is 7.28. The van der Waals surface area contributed by atoms with E-state index in [-0.39, 0.29) is 18.5 Å². The lowest BCUT2D eigenvalue weighted by atomic mass is 10.3. The highest BCUT2D eigenvalue weighted by atomic mass is 32.1. The maximum absolute atomic E-state index is 12.7. The fraction of sp³-hybridized carbons (Fsp3) is 0.389. The molecule has 1 saturated heterocycles. The zero-order valence-electron chi connectivity index (χ0n) is 16.2. The number of thiophene rings is 1. The van der Waals surface area contributed by atoms with E-state index in [0.29, 0.717) is 43.8 Å². The number of aryl methyl sites for hydroxylation is 1. The van der Waals surface area contributed by atoms with Crippen molar-refractivity contribution >= 4 is 23.2 Å². The molecule has 0 aliphatic carbocycles. The number of morpholine rings is 1. The van der Waals surface area contributed by atoms with Crippen LogP contribution >= 0.6 is 11.3 Å². The van der Waals surface area contributed by atoms with Gasteiger partial charge in [0.05, 0.1) is 31.7 Å². The van der Waals surface area contributed by atoms with Crippen LogP contribution in [0.4, 0.5) is 5.95 Å². The number of anilines is 1. The molecule has 1 aliphatic heterocycles. The predicted molar refractivity (Wildman–Crippen MR) is 107 cm³/mol. The smallest absolute Gasteiger partial charge is 0.321 e. The summed E-state index contributed by atoms with van der Waals surface area (Å²) in [4.78, 5) is 28.7. The summed E-state index contributed by atoms with van der Waals surface area (Å²) in [5.41, 5.74) is 1.23. The van der Waals surface area contributed by atoms with Crippen molar-refractivity contribution in [2.24, 2.45) is 7.05 Å². The minimum atomic E-state index is -0.255. The molecular weight excluding hydrogens is 394 g/mol. The maximum atomic E-state index is 12.7. The monoisotopic (exact) mass is 415 g/mol. The van der Waals surface area contributed by atoms with Crippen LogP contribution < -0.4 is 15.0 Å². The fourth-order valence-corrected chi connectivity index (χ4v) is 3.62. The Bertz CT molecular complexity index is 984. The van der Waals surface area contributed by atoms with Gasteiger partial charge in [-0.1, -0.05) is 6.07 Å². The molecule has 1 fully saturated rings. The third kappa shape index (κ3) is 4.35. The standard InChI is InChI=1S/C18H21N7O3S/c1-24-13(10-12(23-24)14-4-3-9-29-14)16(26)19-11-15-20-17(22-18(21-15)27-2)25-5-7-28-8-6-25/h3-4,9-10H,5-8,11H2,1-2H3,(H,19,26). The van der Waals surface area contributed by atoms with Gasteiger partial charge in [0.1, 0.15) is 11.4 Å². The van der Waals surface area contributed by atoms with Crippen LogP contribution in [-0.2, 0) is 18.3 Å². The van der Waals surface area contributed by atoms with Gasteiger partial charge in [-0.2, -0.15) is 20.1 Å². The second kappa shape index (κ2) is 8.53. The quantitative estimate of drug-likeness (QED) is 0.638. The van der Waals surface area contributed by atoms with Crippen molar-refractivity contribution in [3.63, 3.8) is 0 Å². The molecule has 3 aromatic heterocycles. The molecule has 10 nitrogen and oxygen atoms in total. The normalized spacial score (nSPS) is 14.1. The van der Waals surface area contributed by atoms with Crippen LogP contribution in [-0.4, -0.2) is 64.1 Å². The molecule has 0 bridgehead atoms. The highest BCUT2D eigenvalue weighted by Crippen LogP contribution is 2.23. The van der Waals surface area contributed by atoms with E-state index in [9.17, 15) is 4.79 Å². The lowest BCUT2D eigenvalue weighted by Crippen LogP contribution is -2.37. The molecule has 3 aromatic rings. The summed E-state index contributed by atoms with van der Waals surface area (Å²) >= 11 is 1.58. The number of nitrogens with zero attached hydrogens (tertiary/aromatic N) is 6. The minimum absolute atomic E-state index is 0.147. The first kappa shape index (κ1) is 19.3. The summed E-state index contributed by atoms with van der Waals surface area (Å²) in [5.74, 6) is 0.687. The van der Waals surface area contributed by atoms with Gasteiger partial charge in [-0.25, -0.2) is 0 Å². The first-order valence-electron chi connectivity index (χ1n) is 9.12. The summed E-state index contributed by atoms with van der Waals surface area (Å²) in [6, 6.07) is 5.91. The van der Waals surface area contributed by atoms with Crippen LogP contribution in [0.2, 0.25) is 0 Å². The largest absolute Gasteiger partial charge is 0.467 e. The topological polar surface area (TPSA) is 107 Å². The van der Waals surface area contributed by atoms with Gasteiger partial charge in [-0.15, -0.1) is 11.3 Å². The number of carbonyl (C=O) groups is 1. The van der Waals surface area contributed by atoms with Gasteiger partial charge in [-0.3, -0.25) is 9.48 Å². The van der Waals surface area contributed by atoms with Gasteiger partial charge in [-0.05, 0) is 17.5 Å². The average Bonchev–Trinajstić information content (AvgIpc) is 3.42. The first-order valence-corrected chi connectivity index (χ1v) is 10.00. The molecule has 0 radical (unpaired) electrons. The molecule has 4 rings (SSSR count). The molecule has 29 heavy (non-hydrogen) atoms. The van der Waals surface area contributed by atoms with Crippen molar-refractivity contribution in [1.29, 1.82) is 0 Å². The molecule has 152 valence electrons. The fourth-order valence-electron chi connectivity index (χ4n) is 2.94. The van der Waals surface area contributed by atoms with E-state index in [1.165, 1.54) is 7.11 Å². The predicted octanol–water partition coefficient (Wildman–Crippen LogP) is 1.11. The number of nitrogens with one attached hydrogen (secondary N) is 1. The summed E-state index contributed by atoms with van der Waals surface area (Å²) in [5, 5.41) is 9.24. The van der Waals surface area contributed by atoms with Crippen LogP contribution in [0.1, 0.15) is 16.3 Å².